The number of nitrogens with two attached hydrogens (primary N) is 1. The van der Waals surface area contributed by atoms with E-state index in [1.54, 1.807) is 31.2 Å². The lowest BCUT2D eigenvalue weighted by atomic mass is 10.0. The lowest BCUT2D eigenvalue weighted by Crippen LogP contribution is -2.43. The Morgan fingerprint density at radius 2 is 1.93 bits per heavy atom. The van der Waals surface area contributed by atoms with Crippen LogP contribution in [0.3, 0.4) is 0 Å². The van der Waals surface area contributed by atoms with Gasteiger partial charge < -0.3 is 30.2 Å². The smallest absolute Gasteiger partial charge is 0.330 e. The van der Waals surface area contributed by atoms with E-state index >= 15 is 0 Å². The van der Waals surface area contributed by atoms with Crippen LogP contribution in [0.1, 0.15) is 41.9 Å². The Balaban J connectivity index is 1.92. The molecule has 0 saturated carbocycles. The van der Waals surface area contributed by atoms with Crippen LogP contribution in [0.25, 0.3) is 0 Å². The standard InChI is InChI=1S/C27H28ClN5O7/c1-2-39-24(35)13-11-18(10-12-23(29)34)30-26(37)21(15-17-7-4-3-5-8-17)33-14-6-9-19(27(33)38)31-25(36)20-16-22(28)40-32-20/h3-9,11,13-14,16,18,21H,2,10,12,15H2,1H3,(H2,29,34)(H,30,37)(H,31,36). The molecule has 0 aliphatic carbocycles. The fourth-order valence-electron chi connectivity index (χ4n) is 3.73. The Labute approximate surface area is 234 Å². The van der Waals surface area contributed by atoms with Crippen molar-refractivity contribution in [1.29, 1.82) is 0 Å². The van der Waals surface area contributed by atoms with Crippen molar-refractivity contribution < 1.29 is 28.4 Å². The number of primary amides is 1. The molecule has 0 spiro atoms. The highest BCUT2D eigenvalue weighted by Gasteiger charge is 2.25. The topological polar surface area (TPSA) is 176 Å². The van der Waals surface area contributed by atoms with Gasteiger partial charge in [0.2, 0.25) is 17.0 Å². The molecular formula is C27H28ClN5O7. The van der Waals surface area contributed by atoms with Crippen LogP contribution >= 0.6 is 11.6 Å². The van der Waals surface area contributed by atoms with Gasteiger partial charge in [-0.15, -0.1) is 0 Å². The first-order valence-corrected chi connectivity index (χ1v) is 12.7. The molecular weight excluding hydrogens is 542 g/mol. The number of aromatic nitrogens is 2. The van der Waals surface area contributed by atoms with E-state index in [9.17, 15) is 24.0 Å². The number of hydrogen-bond acceptors (Lipinski definition) is 8. The van der Waals surface area contributed by atoms with Crippen molar-refractivity contribution in [3.05, 3.63) is 93.7 Å². The minimum Gasteiger partial charge on any atom is -0.463 e. The molecule has 2 unspecified atom stereocenters. The molecule has 210 valence electrons. The van der Waals surface area contributed by atoms with Gasteiger partial charge in [0.05, 0.1) is 6.61 Å². The zero-order valence-corrected chi connectivity index (χ0v) is 22.3. The van der Waals surface area contributed by atoms with Gasteiger partial charge >= 0.3 is 5.97 Å². The van der Waals surface area contributed by atoms with Gasteiger partial charge in [-0.05, 0) is 42.6 Å². The number of rotatable bonds is 13. The fraction of sp³-hybridized carbons (Fsp3) is 0.259. The van der Waals surface area contributed by atoms with Crippen molar-refractivity contribution in [1.82, 2.24) is 15.0 Å². The maximum absolute atomic E-state index is 13.6. The van der Waals surface area contributed by atoms with E-state index in [-0.39, 0.29) is 42.5 Å². The van der Waals surface area contributed by atoms with Crippen molar-refractivity contribution in [3.8, 4) is 0 Å². The van der Waals surface area contributed by atoms with E-state index in [0.717, 1.165) is 11.6 Å². The highest BCUT2D eigenvalue weighted by Crippen LogP contribution is 2.17. The van der Waals surface area contributed by atoms with E-state index in [1.165, 1.54) is 35.0 Å². The molecule has 0 fully saturated rings. The van der Waals surface area contributed by atoms with Crippen LogP contribution < -0.4 is 21.9 Å². The lowest BCUT2D eigenvalue weighted by Gasteiger charge is -2.23. The van der Waals surface area contributed by atoms with Gasteiger partial charge in [0.25, 0.3) is 11.5 Å². The summed E-state index contributed by atoms with van der Waals surface area (Å²) in [5, 5.41) is 8.66. The summed E-state index contributed by atoms with van der Waals surface area (Å²) in [6.45, 7) is 1.82. The number of amides is 3. The lowest BCUT2D eigenvalue weighted by molar-refractivity contribution is -0.137. The average Bonchev–Trinajstić information content (AvgIpc) is 3.37. The molecule has 0 saturated heterocycles. The Hall–Kier alpha value is -4.71. The molecule has 2 atom stereocenters. The van der Waals surface area contributed by atoms with E-state index in [4.69, 9.17) is 22.1 Å². The van der Waals surface area contributed by atoms with Gasteiger partial charge in [0.1, 0.15) is 11.7 Å². The van der Waals surface area contributed by atoms with Crippen LogP contribution in [0, 0.1) is 0 Å². The summed E-state index contributed by atoms with van der Waals surface area (Å²) in [7, 11) is 0. The average molecular weight is 570 g/mol. The Morgan fingerprint density at radius 3 is 2.58 bits per heavy atom. The zero-order chi connectivity index (χ0) is 29.1. The third kappa shape index (κ3) is 8.67. The Kier molecular flexibility index (Phi) is 10.8. The normalized spacial score (nSPS) is 12.4. The summed E-state index contributed by atoms with van der Waals surface area (Å²) in [5.41, 5.74) is 5.15. The van der Waals surface area contributed by atoms with Gasteiger partial charge in [0, 0.05) is 37.2 Å². The molecule has 13 heteroatoms. The second-order valence-corrected chi connectivity index (χ2v) is 8.91. The van der Waals surface area contributed by atoms with Crippen LogP contribution in [0.15, 0.2) is 76.2 Å². The molecule has 0 aliphatic heterocycles. The van der Waals surface area contributed by atoms with Crippen molar-refractivity contribution >= 4 is 41.0 Å². The minimum absolute atomic E-state index is 0.0605. The largest absolute Gasteiger partial charge is 0.463 e. The van der Waals surface area contributed by atoms with E-state index in [2.05, 4.69) is 20.3 Å². The summed E-state index contributed by atoms with van der Waals surface area (Å²) in [6.07, 6.45) is 4.15. The maximum atomic E-state index is 13.6. The molecule has 4 N–H and O–H groups in total. The maximum Gasteiger partial charge on any atom is 0.330 e. The van der Waals surface area contributed by atoms with Gasteiger partial charge in [-0.1, -0.05) is 41.6 Å². The predicted octanol–water partition coefficient (Wildman–Crippen LogP) is 2.40. The molecule has 3 rings (SSSR count). The molecule has 0 bridgehead atoms. The second kappa shape index (κ2) is 14.4. The highest BCUT2D eigenvalue weighted by molar-refractivity contribution is 6.29. The van der Waals surface area contributed by atoms with Gasteiger partial charge in [0.15, 0.2) is 5.69 Å². The Bertz CT molecular complexity index is 1430. The molecule has 2 aromatic heterocycles. The summed E-state index contributed by atoms with van der Waals surface area (Å²) in [6, 6.07) is 11.3. The number of carbonyl (C=O) groups is 4. The second-order valence-electron chi connectivity index (χ2n) is 8.54. The van der Waals surface area contributed by atoms with Gasteiger partial charge in [-0.2, -0.15) is 0 Å². The number of nitrogens with zero attached hydrogens (tertiary/aromatic N) is 2. The van der Waals surface area contributed by atoms with Crippen LogP contribution in [-0.4, -0.2) is 46.1 Å². The van der Waals surface area contributed by atoms with Crippen molar-refractivity contribution in [3.63, 3.8) is 0 Å². The number of halogens is 1. The first kappa shape index (κ1) is 29.8. The summed E-state index contributed by atoms with van der Waals surface area (Å²) in [5.74, 6) is -2.50. The number of nitrogens with one attached hydrogen (secondary N) is 2. The number of benzene rings is 1. The molecule has 3 aromatic rings. The minimum atomic E-state index is -1.07. The molecule has 40 heavy (non-hydrogen) atoms. The molecule has 2 heterocycles. The Morgan fingerprint density at radius 1 is 1.18 bits per heavy atom. The third-order valence-electron chi connectivity index (χ3n) is 5.63. The summed E-state index contributed by atoms with van der Waals surface area (Å²) < 4.78 is 10.8. The van der Waals surface area contributed by atoms with Gasteiger partial charge in [-0.25, -0.2) is 4.79 Å². The SMILES string of the molecule is CCOC(=O)C=CC(CCC(N)=O)NC(=O)C(Cc1ccccc1)n1cccc(NC(=O)c2cc(Cl)on2)c1=O. The van der Waals surface area contributed by atoms with Crippen LogP contribution in [0.5, 0.6) is 0 Å². The molecule has 1 aromatic carbocycles. The van der Waals surface area contributed by atoms with E-state index in [1.807, 2.05) is 6.07 Å². The highest BCUT2D eigenvalue weighted by atomic mass is 35.5. The number of pyridine rings is 1. The molecule has 0 radical (unpaired) electrons. The summed E-state index contributed by atoms with van der Waals surface area (Å²) >= 11 is 5.68. The fourth-order valence-corrected chi connectivity index (χ4v) is 3.87. The number of anilines is 1. The third-order valence-corrected chi connectivity index (χ3v) is 5.81. The number of esters is 1. The van der Waals surface area contributed by atoms with Crippen LogP contribution in [-0.2, 0) is 25.5 Å². The van der Waals surface area contributed by atoms with Crippen molar-refractivity contribution in [2.24, 2.45) is 5.73 Å². The van der Waals surface area contributed by atoms with Gasteiger partial charge in [-0.3, -0.25) is 19.2 Å². The summed E-state index contributed by atoms with van der Waals surface area (Å²) in [4.78, 5) is 62.8. The monoisotopic (exact) mass is 569 g/mol. The van der Waals surface area contributed by atoms with Crippen LogP contribution in [0.4, 0.5) is 5.69 Å². The number of ether oxygens (including phenoxy) is 1. The first-order valence-electron chi connectivity index (χ1n) is 12.3. The predicted molar refractivity (Wildman–Crippen MR) is 145 cm³/mol. The quantitative estimate of drug-likeness (QED) is 0.207. The molecule has 3 amide bonds. The van der Waals surface area contributed by atoms with Crippen molar-refractivity contribution in [2.45, 2.75) is 38.3 Å². The number of carbonyl (C=O) groups excluding carboxylic acids is 4. The molecule has 0 aliphatic rings. The van der Waals surface area contributed by atoms with E-state index in [0.29, 0.717) is 0 Å². The van der Waals surface area contributed by atoms with E-state index < -0.39 is 41.3 Å². The molecule has 12 nitrogen and oxygen atoms in total. The van der Waals surface area contributed by atoms with Crippen molar-refractivity contribution in [2.75, 3.05) is 11.9 Å². The first-order chi connectivity index (χ1) is 19.2. The van der Waals surface area contributed by atoms with Crippen LogP contribution in [0.2, 0.25) is 5.22 Å². The number of hydrogen-bond donors (Lipinski definition) is 3. The zero-order valence-electron chi connectivity index (χ0n) is 21.5.